The van der Waals surface area contributed by atoms with Crippen LogP contribution in [-0.4, -0.2) is 63.0 Å². The van der Waals surface area contributed by atoms with Gasteiger partial charge in [-0.05, 0) is 25.7 Å². The highest BCUT2D eigenvalue weighted by atomic mass is 16.2. The summed E-state index contributed by atoms with van der Waals surface area (Å²) in [7, 11) is 1.87. The molecule has 8 nitrogen and oxygen atoms in total. The van der Waals surface area contributed by atoms with Crippen LogP contribution in [0.5, 0.6) is 0 Å². The molecule has 1 aromatic heterocycles. The number of carbonyl (C=O) groups excluding carboxylic acids is 3. The van der Waals surface area contributed by atoms with Gasteiger partial charge in [-0.1, -0.05) is 33.1 Å². The molecular weight excluding hydrogens is 406 g/mol. The van der Waals surface area contributed by atoms with Gasteiger partial charge in [0.05, 0.1) is 0 Å². The number of amides is 3. The largest absolute Gasteiger partial charge is 0.353 e. The second-order valence-corrected chi connectivity index (χ2v) is 9.97. The summed E-state index contributed by atoms with van der Waals surface area (Å²) in [5.74, 6) is 0.112. The van der Waals surface area contributed by atoms with Crippen LogP contribution in [0.15, 0.2) is 0 Å². The summed E-state index contributed by atoms with van der Waals surface area (Å²) in [4.78, 5) is 42.2. The van der Waals surface area contributed by atoms with Crippen molar-refractivity contribution in [2.45, 2.75) is 77.8 Å². The molecule has 2 fully saturated rings. The molecule has 0 aromatic carbocycles. The number of carbonyl (C=O) groups is 3. The third kappa shape index (κ3) is 4.69. The lowest BCUT2D eigenvalue weighted by Crippen LogP contribution is -2.46. The number of fused-ring (bicyclic) bond motifs is 1. The Balaban J connectivity index is 1.38. The summed E-state index contributed by atoms with van der Waals surface area (Å²) in [5, 5.41) is 7.78. The summed E-state index contributed by atoms with van der Waals surface area (Å²) in [6, 6.07) is 0.326. The van der Waals surface area contributed by atoms with E-state index in [1.54, 1.807) is 4.68 Å². The first-order chi connectivity index (χ1) is 15.3. The maximum Gasteiger partial charge on any atom is 0.274 e. The average Bonchev–Trinajstić information content (AvgIpc) is 3.14. The Hall–Kier alpha value is -2.38. The Morgan fingerprint density at radius 2 is 1.66 bits per heavy atom. The van der Waals surface area contributed by atoms with Crippen molar-refractivity contribution in [3.8, 4) is 0 Å². The topological polar surface area (TPSA) is 87.5 Å². The van der Waals surface area contributed by atoms with E-state index in [1.807, 2.05) is 30.7 Å². The van der Waals surface area contributed by atoms with Crippen LogP contribution in [0.1, 0.15) is 80.5 Å². The van der Waals surface area contributed by atoms with Gasteiger partial charge in [0.1, 0.15) is 0 Å². The van der Waals surface area contributed by atoms with E-state index in [0.29, 0.717) is 57.2 Å². The minimum Gasteiger partial charge on any atom is -0.353 e. The third-order valence-electron chi connectivity index (χ3n) is 7.35. The summed E-state index contributed by atoms with van der Waals surface area (Å²) in [6.07, 6.45) is 7.95. The quantitative estimate of drug-likeness (QED) is 0.773. The van der Waals surface area contributed by atoms with Crippen molar-refractivity contribution in [1.29, 1.82) is 0 Å². The molecule has 1 N–H and O–H groups in total. The Bertz CT molecular complexity index is 863. The summed E-state index contributed by atoms with van der Waals surface area (Å²) in [6.45, 7) is 6.06. The lowest BCUT2D eigenvalue weighted by molar-refractivity contribution is -0.135. The minimum atomic E-state index is -0.0770. The van der Waals surface area contributed by atoms with Crippen LogP contribution in [-0.2, 0) is 29.6 Å². The van der Waals surface area contributed by atoms with E-state index in [9.17, 15) is 14.4 Å². The molecule has 32 heavy (non-hydrogen) atoms. The molecule has 0 spiro atoms. The number of rotatable bonds is 4. The average molecular weight is 444 g/mol. The molecule has 1 saturated heterocycles. The molecule has 1 saturated carbocycles. The molecule has 0 radical (unpaired) electrons. The number of nitrogens with one attached hydrogen (secondary N) is 1. The van der Waals surface area contributed by atoms with Crippen LogP contribution >= 0.6 is 0 Å². The van der Waals surface area contributed by atoms with E-state index in [2.05, 4.69) is 10.4 Å². The molecular formula is C24H37N5O3. The molecule has 3 amide bonds. The van der Waals surface area contributed by atoms with Gasteiger partial charge in [0.25, 0.3) is 5.91 Å². The van der Waals surface area contributed by atoms with Crippen LogP contribution < -0.4 is 5.32 Å². The summed E-state index contributed by atoms with van der Waals surface area (Å²) in [5.41, 5.74) is 2.40. The molecule has 0 atom stereocenters. The van der Waals surface area contributed by atoms with Crippen molar-refractivity contribution in [3.05, 3.63) is 17.0 Å². The zero-order chi connectivity index (χ0) is 22.8. The number of piperidine rings is 1. The van der Waals surface area contributed by atoms with Gasteiger partial charge in [-0.15, -0.1) is 0 Å². The van der Waals surface area contributed by atoms with E-state index in [-0.39, 0.29) is 29.6 Å². The SMILES string of the molecule is CC(C)C(=O)N1CCc2c(c(C(=O)N3CCC(C(=O)NC4CCCCC4)CC3)nn2C)C1. The number of nitrogens with zero attached hydrogens (tertiary/aromatic N) is 4. The van der Waals surface area contributed by atoms with Crippen molar-refractivity contribution in [2.75, 3.05) is 19.6 Å². The summed E-state index contributed by atoms with van der Waals surface area (Å²) >= 11 is 0. The van der Waals surface area contributed by atoms with Crippen molar-refractivity contribution in [1.82, 2.24) is 24.9 Å². The standard InChI is InChI=1S/C24H37N5O3/c1-16(2)23(31)29-14-11-20-19(15-29)21(26-27(20)3)24(32)28-12-9-17(10-13-28)22(30)25-18-7-5-4-6-8-18/h16-18H,4-15H2,1-3H3,(H,25,30). The number of hydrogen-bond acceptors (Lipinski definition) is 4. The van der Waals surface area contributed by atoms with Crippen LogP contribution in [0.25, 0.3) is 0 Å². The van der Waals surface area contributed by atoms with Crippen LogP contribution in [0, 0.1) is 11.8 Å². The van der Waals surface area contributed by atoms with Gasteiger partial charge >= 0.3 is 0 Å². The molecule has 1 aliphatic carbocycles. The molecule has 0 bridgehead atoms. The molecule has 1 aromatic rings. The molecule has 2 aliphatic heterocycles. The van der Waals surface area contributed by atoms with E-state index < -0.39 is 0 Å². The monoisotopic (exact) mass is 443 g/mol. The molecule has 176 valence electrons. The Labute approximate surface area is 190 Å². The van der Waals surface area contributed by atoms with Gasteiger partial charge in [0.2, 0.25) is 11.8 Å². The van der Waals surface area contributed by atoms with E-state index in [1.165, 1.54) is 19.3 Å². The van der Waals surface area contributed by atoms with Crippen molar-refractivity contribution in [2.24, 2.45) is 18.9 Å². The molecule has 3 aliphatic rings. The lowest BCUT2D eigenvalue weighted by Gasteiger charge is -2.33. The molecule has 0 unspecified atom stereocenters. The zero-order valence-electron chi connectivity index (χ0n) is 19.7. The Kier molecular flexibility index (Phi) is 6.86. The maximum absolute atomic E-state index is 13.3. The van der Waals surface area contributed by atoms with Gasteiger partial charge in [-0.3, -0.25) is 19.1 Å². The number of aryl methyl sites for hydroxylation is 1. The fourth-order valence-electron chi connectivity index (χ4n) is 5.38. The first-order valence-electron chi connectivity index (χ1n) is 12.3. The smallest absolute Gasteiger partial charge is 0.274 e. The van der Waals surface area contributed by atoms with Crippen LogP contribution in [0.3, 0.4) is 0 Å². The second kappa shape index (κ2) is 9.63. The molecule has 8 heteroatoms. The number of hydrogen-bond donors (Lipinski definition) is 1. The Morgan fingerprint density at radius 3 is 2.31 bits per heavy atom. The lowest BCUT2D eigenvalue weighted by atomic mass is 9.92. The van der Waals surface area contributed by atoms with Gasteiger partial charge in [0, 0.05) is 68.8 Å². The number of likely N-dealkylation sites (tertiary alicyclic amines) is 1. The van der Waals surface area contributed by atoms with E-state index >= 15 is 0 Å². The molecule has 3 heterocycles. The minimum absolute atomic E-state index is 0.0159. The van der Waals surface area contributed by atoms with E-state index in [4.69, 9.17) is 0 Å². The van der Waals surface area contributed by atoms with E-state index in [0.717, 1.165) is 24.1 Å². The van der Waals surface area contributed by atoms with Crippen LogP contribution in [0.2, 0.25) is 0 Å². The maximum atomic E-state index is 13.3. The van der Waals surface area contributed by atoms with Gasteiger partial charge in [0.15, 0.2) is 5.69 Å². The highest BCUT2D eigenvalue weighted by Crippen LogP contribution is 2.27. The number of aromatic nitrogens is 2. The first-order valence-corrected chi connectivity index (χ1v) is 12.3. The third-order valence-corrected chi connectivity index (χ3v) is 7.35. The highest BCUT2D eigenvalue weighted by molar-refractivity contribution is 5.94. The predicted molar refractivity (Wildman–Crippen MR) is 121 cm³/mol. The van der Waals surface area contributed by atoms with Gasteiger partial charge in [-0.25, -0.2) is 0 Å². The summed E-state index contributed by atoms with van der Waals surface area (Å²) < 4.78 is 1.80. The predicted octanol–water partition coefficient (Wildman–Crippen LogP) is 2.26. The second-order valence-electron chi connectivity index (χ2n) is 9.97. The van der Waals surface area contributed by atoms with Crippen molar-refractivity contribution < 1.29 is 14.4 Å². The van der Waals surface area contributed by atoms with Crippen molar-refractivity contribution >= 4 is 17.7 Å². The van der Waals surface area contributed by atoms with Gasteiger partial charge in [-0.2, -0.15) is 5.10 Å². The fourth-order valence-corrected chi connectivity index (χ4v) is 5.38. The molecule has 4 rings (SSSR count). The zero-order valence-corrected chi connectivity index (χ0v) is 19.7. The normalized spacial score (nSPS) is 20.4. The van der Waals surface area contributed by atoms with Gasteiger partial charge < -0.3 is 15.1 Å². The van der Waals surface area contributed by atoms with Crippen molar-refractivity contribution in [3.63, 3.8) is 0 Å². The first kappa shape index (κ1) is 22.8. The fraction of sp³-hybridized carbons (Fsp3) is 0.750. The highest BCUT2D eigenvalue weighted by Gasteiger charge is 2.34. The van der Waals surface area contributed by atoms with Crippen LogP contribution in [0.4, 0.5) is 0 Å². The Morgan fingerprint density at radius 1 is 0.969 bits per heavy atom.